The second kappa shape index (κ2) is 3.23. The fourth-order valence-corrected chi connectivity index (χ4v) is 2.20. The molecule has 0 saturated carbocycles. The molecule has 0 aliphatic heterocycles. The lowest BCUT2D eigenvalue weighted by molar-refractivity contribution is 0.901. The first-order valence-electron chi connectivity index (χ1n) is 5.08. The van der Waals surface area contributed by atoms with Gasteiger partial charge in [-0.1, -0.05) is 6.07 Å². The van der Waals surface area contributed by atoms with Crippen LogP contribution in [0.5, 0.6) is 0 Å². The van der Waals surface area contributed by atoms with Gasteiger partial charge in [0.25, 0.3) is 5.56 Å². The van der Waals surface area contributed by atoms with Crippen LogP contribution in [0.4, 0.5) is 0 Å². The normalized spacial score (nSPS) is 10.9. The highest BCUT2D eigenvalue weighted by atomic mass is 16.1. The molecule has 0 N–H and O–H groups in total. The zero-order valence-electron chi connectivity index (χ0n) is 9.59. The van der Waals surface area contributed by atoms with Gasteiger partial charge in [0.2, 0.25) is 0 Å². The SMILES string of the molecule is Cc1cc(C)c2c(C)cc(=O)n(C)c2c1. The second-order valence-corrected chi connectivity index (χ2v) is 4.20. The number of pyridine rings is 1. The van der Waals surface area contributed by atoms with Gasteiger partial charge in [0.1, 0.15) is 0 Å². The monoisotopic (exact) mass is 201 g/mol. The van der Waals surface area contributed by atoms with E-state index >= 15 is 0 Å². The van der Waals surface area contributed by atoms with E-state index in [-0.39, 0.29) is 5.56 Å². The number of aryl methyl sites for hydroxylation is 4. The van der Waals surface area contributed by atoms with Crippen molar-refractivity contribution in [3.63, 3.8) is 0 Å². The van der Waals surface area contributed by atoms with Crippen LogP contribution < -0.4 is 5.56 Å². The second-order valence-electron chi connectivity index (χ2n) is 4.20. The van der Waals surface area contributed by atoms with E-state index in [0.717, 1.165) is 11.1 Å². The van der Waals surface area contributed by atoms with Gasteiger partial charge in [-0.3, -0.25) is 4.79 Å². The van der Waals surface area contributed by atoms with Gasteiger partial charge in [-0.05, 0) is 43.5 Å². The Hall–Kier alpha value is -1.57. The average molecular weight is 201 g/mol. The molecule has 0 aliphatic rings. The molecule has 2 heteroatoms. The van der Waals surface area contributed by atoms with Crippen LogP contribution >= 0.6 is 0 Å². The maximum absolute atomic E-state index is 11.6. The Kier molecular flexibility index (Phi) is 2.14. The number of aromatic nitrogens is 1. The van der Waals surface area contributed by atoms with E-state index in [2.05, 4.69) is 26.0 Å². The molecule has 0 unspecified atom stereocenters. The summed E-state index contributed by atoms with van der Waals surface area (Å²) in [6.07, 6.45) is 0. The number of hydrogen-bond acceptors (Lipinski definition) is 1. The molecule has 0 spiro atoms. The summed E-state index contributed by atoms with van der Waals surface area (Å²) >= 11 is 0. The lowest BCUT2D eigenvalue weighted by Gasteiger charge is -2.11. The summed E-state index contributed by atoms with van der Waals surface area (Å²) in [5.41, 5.74) is 4.58. The van der Waals surface area contributed by atoms with Gasteiger partial charge in [0.05, 0.1) is 5.52 Å². The first kappa shape index (κ1) is 9.97. The molecule has 1 aromatic carbocycles. The first-order valence-corrected chi connectivity index (χ1v) is 5.08. The van der Waals surface area contributed by atoms with E-state index in [0.29, 0.717) is 0 Å². The molecule has 0 saturated heterocycles. The maximum Gasteiger partial charge on any atom is 0.251 e. The van der Waals surface area contributed by atoms with Crippen LogP contribution in [0.1, 0.15) is 16.7 Å². The third-order valence-electron chi connectivity index (χ3n) is 2.89. The van der Waals surface area contributed by atoms with Crippen molar-refractivity contribution in [3.8, 4) is 0 Å². The van der Waals surface area contributed by atoms with Gasteiger partial charge in [-0.2, -0.15) is 0 Å². The van der Waals surface area contributed by atoms with Gasteiger partial charge in [-0.25, -0.2) is 0 Å². The summed E-state index contributed by atoms with van der Waals surface area (Å²) in [4.78, 5) is 11.6. The number of benzene rings is 1. The molecule has 2 nitrogen and oxygen atoms in total. The quantitative estimate of drug-likeness (QED) is 0.641. The van der Waals surface area contributed by atoms with Crippen molar-refractivity contribution in [2.45, 2.75) is 20.8 Å². The third kappa shape index (κ3) is 1.46. The number of nitrogens with zero attached hydrogens (tertiary/aromatic N) is 1. The highest BCUT2D eigenvalue weighted by Crippen LogP contribution is 2.21. The largest absolute Gasteiger partial charge is 0.311 e. The van der Waals surface area contributed by atoms with Gasteiger partial charge >= 0.3 is 0 Å². The van der Waals surface area contributed by atoms with Crippen molar-refractivity contribution in [1.82, 2.24) is 4.57 Å². The summed E-state index contributed by atoms with van der Waals surface area (Å²) < 4.78 is 1.71. The Bertz CT molecular complexity index is 593. The minimum atomic E-state index is 0.0602. The molecule has 0 fully saturated rings. The van der Waals surface area contributed by atoms with Crippen molar-refractivity contribution < 1.29 is 0 Å². The van der Waals surface area contributed by atoms with Crippen LogP contribution in [0.25, 0.3) is 10.9 Å². The smallest absolute Gasteiger partial charge is 0.251 e. The molecule has 2 rings (SSSR count). The first-order chi connectivity index (χ1) is 7.00. The van der Waals surface area contributed by atoms with Gasteiger partial charge in [0, 0.05) is 18.5 Å². The van der Waals surface area contributed by atoms with Crippen molar-refractivity contribution in [2.75, 3.05) is 0 Å². The molecule has 0 bridgehead atoms. The molecular formula is C13H15NO. The molecule has 1 heterocycles. The van der Waals surface area contributed by atoms with Crippen molar-refractivity contribution in [2.24, 2.45) is 7.05 Å². The Balaban J connectivity index is 3.09. The van der Waals surface area contributed by atoms with Crippen molar-refractivity contribution in [3.05, 3.63) is 45.2 Å². The Morgan fingerprint density at radius 2 is 1.60 bits per heavy atom. The summed E-state index contributed by atoms with van der Waals surface area (Å²) in [6.45, 7) is 6.14. The highest BCUT2D eigenvalue weighted by Gasteiger charge is 2.06. The van der Waals surface area contributed by atoms with Crippen molar-refractivity contribution in [1.29, 1.82) is 0 Å². The van der Waals surface area contributed by atoms with Crippen LogP contribution in [-0.4, -0.2) is 4.57 Å². The minimum absolute atomic E-state index is 0.0602. The number of fused-ring (bicyclic) bond motifs is 1. The Morgan fingerprint density at radius 1 is 1.00 bits per heavy atom. The molecule has 0 atom stereocenters. The number of hydrogen-bond donors (Lipinski definition) is 0. The van der Waals surface area contributed by atoms with E-state index in [1.807, 2.05) is 14.0 Å². The topological polar surface area (TPSA) is 22.0 Å². The van der Waals surface area contributed by atoms with E-state index in [1.165, 1.54) is 16.5 Å². The molecule has 78 valence electrons. The summed E-state index contributed by atoms with van der Waals surface area (Å²) in [5, 5.41) is 1.20. The zero-order chi connectivity index (χ0) is 11.2. The molecular weight excluding hydrogens is 186 g/mol. The summed E-state index contributed by atoms with van der Waals surface area (Å²) in [5.74, 6) is 0. The summed E-state index contributed by atoms with van der Waals surface area (Å²) in [7, 11) is 1.82. The number of rotatable bonds is 0. The fourth-order valence-electron chi connectivity index (χ4n) is 2.20. The van der Waals surface area contributed by atoms with Crippen LogP contribution in [0.3, 0.4) is 0 Å². The van der Waals surface area contributed by atoms with Gasteiger partial charge in [-0.15, -0.1) is 0 Å². The summed E-state index contributed by atoms with van der Waals surface area (Å²) in [6, 6.07) is 5.92. The van der Waals surface area contributed by atoms with Crippen LogP contribution in [0.15, 0.2) is 23.0 Å². The minimum Gasteiger partial charge on any atom is -0.311 e. The van der Waals surface area contributed by atoms with E-state index in [9.17, 15) is 4.79 Å². The lowest BCUT2D eigenvalue weighted by Crippen LogP contribution is -2.16. The van der Waals surface area contributed by atoms with E-state index < -0.39 is 0 Å². The van der Waals surface area contributed by atoms with Crippen LogP contribution in [0, 0.1) is 20.8 Å². The average Bonchev–Trinajstić information content (AvgIpc) is 2.12. The molecule has 2 aromatic rings. The van der Waals surface area contributed by atoms with E-state index in [1.54, 1.807) is 10.6 Å². The van der Waals surface area contributed by atoms with Crippen LogP contribution in [0.2, 0.25) is 0 Å². The molecule has 0 aliphatic carbocycles. The molecule has 0 amide bonds. The predicted octanol–water partition coefficient (Wildman–Crippen LogP) is 2.46. The molecule has 1 aromatic heterocycles. The lowest BCUT2D eigenvalue weighted by atomic mass is 10.0. The Morgan fingerprint density at radius 3 is 2.27 bits per heavy atom. The molecule has 0 radical (unpaired) electrons. The highest BCUT2D eigenvalue weighted by molar-refractivity contribution is 5.86. The maximum atomic E-state index is 11.6. The fraction of sp³-hybridized carbons (Fsp3) is 0.308. The van der Waals surface area contributed by atoms with Gasteiger partial charge < -0.3 is 4.57 Å². The van der Waals surface area contributed by atoms with E-state index in [4.69, 9.17) is 0 Å². The van der Waals surface area contributed by atoms with Gasteiger partial charge in [0.15, 0.2) is 0 Å². The molecule has 15 heavy (non-hydrogen) atoms. The Labute approximate surface area is 89.2 Å². The van der Waals surface area contributed by atoms with Crippen molar-refractivity contribution >= 4 is 10.9 Å². The predicted molar refractivity (Wildman–Crippen MR) is 63.4 cm³/mol. The zero-order valence-corrected chi connectivity index (χ0v) is 9.59. The third-order valence-corrected chi connectivity index (χ3v) is 2.89. The van der Waals surface area contributed by atoms with Crippen LogP contribution in [-0.2, 0) is 7.05 Å². The standard InChI is InChI=1S/C13H15NO/c1-8-5-9(2)13-10(3)7-12(15)14(4)11(13)6-8/h5-7H,1-4H3.